The minimum absolute atomic E-state index is 0.621. The van der Waals surface area contributed by atoms with Crippen LogP contribution < -0.4 is 5.32 Å². The molecule has 2 nitrogen and oxygen atoms in total. The lowest BCUT2D eigenvalue weighted by Crippen LogP contribution is -2.43. The lowest BCUT2D eigenvalue weighted by molar-refractivity contribution is 0.172. The molecule has 0 fully saturated rings. The molecule has 2 heteroatoms. The Morgan fingerprint density at radius 3 is 1.94 bits per heavy atom. The average Bonchev–Trinajstić information content (AvgIpc) is 2.21. The van der Waals surface area contributed by atoms with Crippen LogP contribution in [-0.2, 0) is 0 Å². The van der Waals surface area contributed by atoms with E-state index in [2.05, 4.69) is 58.8 Å². The van der Waals surface area contributed by atoms with Crippen LogP contribution >= 0.6 is 0 Å². The summed E-state index contributed by atoms with van der Waals surface area (Å²) < 4.78 is 0. The zero-order chi connectivity index (χ0) is 13.4. The molecule has 1 N–H and O–H groups in total. The van der Waals surface area contributed by atoms with Gasteiger partial charge in [-0.15, -0.1) is 0 Å². The predicted octanol–water partition coefficient (Wildman–Crippen LogP) is 3.38. The molecule has 0 rings (SSSR count). The maximum Gasteiger partial charge on any atom is 0.0192 e. The van der Waals surface area contributed by atoms with Crippen molar-refractivity contribution in [3.8, 4) is 0 Å². The van der Waals surface area contributed by atoms with Crippen LogP contribution in [-0.4, -0.2) is 37.1 Å². The number of likely N-dealkylation sites (N-methyl/N-ethyl adjacent to an activating group) is 1. The van der Waals surface area contributed by atoms with E-state index < -0.39 is 0 Å². The van der Waals surface area contributed by atoms with Gasteiger partial charge in [0.1, 0.15) is 0 Å². The van der Waals surface area contributed by atoms with E-state index in [0.29, 0.717) is 12.1 Å². The van der Waals surface area contributed by atoms with E-state index >= 15 is 0 Å². The molecular weight excluding hydrogens is 208 g/mol. The zero-order valence-electron chi connectivity index (χ0n) is 13.1. The lowest BCUT2D eigenvalue weighted by Gasteiger charge is -2.32. The Morgan fingerprint density at radius 2 is 1.47 bits per heavy atom. The summed E-state index contributed by atoms with van der Waals surface area (Å²) in [4.78, 5) is 2.50. The fourth-order valence-electron chi connectivity index (χ4n) is 2.13. The largest absolute Gasteiger partial charge is 0.315 e. The van der Waals surface area contributed by atoms with Crippen molar-refractivity contribution in [2.45, 2.75) is 66.5 Å². The van der Waals surface area contributed by atoms with E-state index in [1.54, 1.807) is 0 Å². The van der Waals surface area contributed by atoms with Crippen molar-refractivity contribution in [1.82, 2.24) is 10.2 Å². The van der Waals surface area contributed by atoms with Gasteiger partial charge in [-0.1, -0.05) is 27.7 Å². The highest BCUT2D eigenvalue weighted by Gasteiger charge is 2.16. The Labute approximate surface area is 109 Å². The lowest BCUT2D eigenvalue weighted by atomic mass is 10.0. The molecule has 0 heterocycles. The molecule has 17 heavy (non-hydrogen) atoms. The van der Waals surface area contributed by atoms with Crippen molar-refractivity contribution >= 4 is 0 Å². The Balaban J connectivity index is 3.76. The second kappa shape index (κ2) is 8.93. The van der Waals surface area contributed by atoms with E-state index in [-0.39, 0.29) is 0 Å². The quantitative estimate of drug-likeness (QED) is 0.624. The van der Waals surface area contributed by atoms with Gasteiger partial charge in [0.25, 0.3) is 0 Å². The number of rotatable bonds is 9. The van der Waals surface area contributed by atoms with Crippen molar-refractivity contribution < 1.29 is 0 Å². The first kappa shape index (κ1) is 16.9. The van der Waals surface area contributed by atoms with Crippen LogP contribution in [0.4, 0.5) is 0 Å². The molecule has 0 amide bonds. The first-order valence-electron chi connectivity index (χ1n) is 7.27. The second-order valence-electron chi connectivity index (χ2n) is 6.38. The van der Waals surface area contributed by atoms with Gasteiger partial charge in [-0.3, -0.25) is 4.90 Å². The average molecular weight is 242 g/mol. The normalized spacial score (nSPS) is 15.9. The molecule has 0 radical (unpaired) electrons. The summed E-state index contributed by atoms with van der Waals surface area (Å²) in [5, 5.41) is 3.56. The Hall–Kier alpha value is -0.0800. The summed E-state index contributed by atoms with van der Waals surface area (Å²) in [5.74, 6) is 1.59. The van der Waals surface area contributed by atoms with Crippen LogP contribution in [0.3, 0.4) is 0 Å². The number of nitrogens with one attached hydrogen (secondary N) is 1. The van der Waals surface area contributed by atoms with Gasteiger partial charge in [-0.05, 0) is 52.1 Å². The summed E-state index contributed by atoms with van der Waals surface area (Å²) in [6.45, 7) is 16.1. The third kappa shape index (κ3) is 8.62. The van der Waals surface area contributed by atoms with Crippen LogP contribution in [0, 0.1) is 11.8 Å². The van der Waals surface area contributed by atoms with Crippen molar-refractivity contribution in [3.05, 3.63) is 0 Å². The molecule has 0 aliphatic heterocycles. The first-order valence-corrected chi connectivity index (χ1v) is 7.27. The Kier molecular flexibility index (Phi) is 8.89. The molecule has 0 saturated carbocycles. The molecule has 0 aromatic carbocycles. The van der Waals surface area contributed by atoms with E-state index in [1.807, 2.05) is 0 Å². The molecule has 0 aromatic heterocycles. The number of hydrogen-bond acceptors (Lipinski definition) is 2. The molecule has 0 aromatic rings. The third-order valence-electron chi connectivity index (χ3n) is 3.54. The monoisotopic (exact) mass is 242 g/mol. The smallest absolute Gasteiger partial charge is 0.0192 e. The predicted molar refractivity (Wildman–Crippen MR) is 78.5 cm³/mol. The van der Waals surface area contributed by atoms with Gasteiger partial charge < -0.3 is 5.32 Å². The van der Waals surface area contributed by atoms with Crippen LogP contribution in [0.15, 0.2) is 0 Å². The van der Waals surface area contributed by atoms with Crippen LogP contribution in [0.1, 0.15) is 54.4 Å². The minimum Gasteiger partial charge on any atom is -0.315 e. The van der Waals surface area contributed by atoms with Crippen LogP contribution in [0.2, 0.25) is 0 Å². The van der Waals surface area contributed by atoms with Gasteiger partial charge in [0.15, 0.2) is 0 Å². The molecule has 0 saturated heterocycles. The summed E-state index contributed by atoms with van der Waals surface area (Å²) in [5.41, 5.74) is 0. The van der Waals surface area contributed by atoms with Crippen LogP contribution in [0.25, 0.3) is 0 Å². The van der Waals surface area contributed by atoms with Gasteiger partial charge >= 0.3 is 0 Å². The number of hydrogen-bond donors (Lipinski definition) is 1. The standard InChI is InChI=1S/C15H34N2/c1-12(2)8-9-16-11-15(6)17(7)14(5)10-13(3)4/h12-16H,8-11H2,1-7H3. The van der Waals surface area contributed by atoms with Crippen molar-refractivity contribution in [3.63, 3.8) is 0 Å². The van der Waals surface area contributed by atoms with Crippen molar-refractivity contribution in [2.24, 2.45) is 11.8 Å². The minimum atomic E-state index is 0.621. The molecule has 2 atom stereocenters. The number of nitrogens with zero attached hydrogens (tertiary/aromatic N) is 1. The summed E-state index contributed by atoms with van der Waals surface area (Å²) >= 11 is 0. The van der Waals surface area contributed by atoms with Crippen molar-refractivity contribution in [1.29, 1.82) is 0 Å². The molecule has 104 valence electrons. The SMILES string of the molecule is CC(C)CCNCC(C)N(C)C(C)CC(C)C. The Bertz CT molecular complexity index is 178. The first-order chi connectivity index (χ1) is 7.84. The molecule has 0 bridgehead atoms. The highest BCUT2D eigenvalue weighted by atomic mass is 15.2. The molecular formula is C15H34N2. The molecule has 0 aliphatic carbocycles. The summed E-state index contributed by atoms with van der Waals surface area (Å²) in [6.07, 6.45) is 2.56. The second-order valence-corrected chi connectivity index (χ2v) is 6.38. The highest BCUT2D eigenvalue weighted by Crippen LogP contribution is 2.11. The van der Waals surface area contributed by atoms with Crippen LogP contribution in [0.5, 0.6) is 0 Å². The third-order valence-corrected chi connectivity index (χ3v) is 3.54. The fourth-order valence-corrected chi connectivity index (χ4v) is 2.13. The molecule has 0 spiro atoms. The van der Waals surface area contributed by atoms with E-state index in [0.717, 1.165) is 24.9 Å². The van der Waals surface area contributed by atoms with E-state index in [4.69, 9.17) is 0 Å². The maximum absolute atomic E-state index is 3.56. The maximum atomic E-state index is 3.56. The molecule has 2 unspecified atom stereocenters. The Morgan fingerprint density at radius 1 is 0.882 bits per heavy atom. The van der Waals surface area contributed by atoms with Gasteiger partial charge in [-0.25, -0.2) is 0 Å². The van der Waals surface area contributed by atoms with Gasteiger partial charge in [-0.2, -0.15) is 0 Å². The molecule has 0 aliphatic rings. The van der Waals surface area contributed by atoms with E-state index in [9.17, 15) is 0 Å². The van der Waals surface area contributed by atoms with Crippen molar-refractivity contribution in [2.75, 3.05) is 20.1 Å². The summed E-state index contributed by atoms with van der Waals surface area (Å²) in [6, 6.07) is 1.30. The summed E-state index contributed by atoms with van der Waals surface area (Å²) in [7, 11) is 2.25. The van der Waals surface area contributed by atoms with E-state index in [1.165, 1.54) is 12.8 Å². The van der Waals surface area contributed by atoms with Gasteiger partial charge in [0.2, 0.25) is 0 Å². The fraction of sp³-hybridized carbons (Fsp3) is 1.00. The topological polar surface area (TPSA) is 15.3 Å². The van der Waals surface area contributed by atoms with Gasteiger partial charge in [0, 0.05) is 18.6 Å². The highest BCUT2D eigenvalue weighted by molar-refractivity contribution is 4.73. The zero-order valence-corrected chi connectivity index (χ0v) is 13.1. The van der Waals surface area contributed by atoms with Gasteiger partial charge in [0.05, 0.1) is 0 Å².